The van der Waals surface area contributed by atoms with Crippen LogP contribution in [0.5, 0.6) is 0 Å². The molecule has 0 atom stereocenters. The number of hydrogen-bond acceptors (Lipinski definition) is 5. The third-order valence-corrected chi connectivity index (χ3v) is 5.02. The largest absolute Gasteiger partial charge is 0.463 e. The van der Waals surface area contributed by atoms with Crippen LogP contribution in [0, 0.1) is 0 Å². The zero-order chi connectivity index (χ0) is 18.5. The first kappa shape index (κ1) is 17.9. The van der Waals surface area contributed by atoms with Crippen molar-refractivity contribution in [1.29, 1.82) is 0 Å². The molecule has 0 N–H and O–H groups in total. The van der Waals surface area contributed by atoms with Crippen LogP contribution >= 0.6 is 0 Å². The minimum Gasteiger partial charge on any atom is -0.463 e. The van der Waals surface area contributed by atoms with E-state index in [2.05, 4.69) is 9.88 Å². The van der Waals surface area contributed by atoms with Crippen molar-refractivity contribution in [3.05, 3.63) is 54.3 Å². The van der Waals surface area contributed by atoms with Crippen molar-refractivity contribution in [3.8, 4) is 11.5 Å². The zero-order valence-corrected chi connectivity index (χ0v) is 15.4. The quantitative estimate of drug-likeness (QED) is 0.465. The molecule has 1 fully saturated rings. The van der Waals surface area contributed by atoms with Crippen molar-refractivity contribution < 1.29 is 13.9 Å². The Morgan fingerprint density at radius 2 is 1.93 bits per heavy atom. The van der Waals surface area contributed by atoms with Gasteiger partial charge in [-0.15, -0.1) is 0 Å². The Kier molecular flexibility index (Phi) is 5.61. The molecule has 5 nitrogen and oxygen atoms in total. The van der Waals surface area contributed by atoms with E-state index in [9.17, 15) is 4.79 Å². The standard InChI is InChI=1S/C22H24N2O3/c25-21(8-3-4-10-24-11-14-26-15-12-24)18-16-20(22-9-5-13-27-22)23-19-7-2-1-6-17(18)19/h1-2,5-7,9,13,16H,3-4,8,10-12,14-15H2. The summed E-state index contributed by atoms with van der Waals surface area (Å²) in [5.41, 5.74) is 2.26. The number of carbonyl (C=O) groups is 1. The minimum absolute atomic E-state index is 0.170. The van der Waals surface area contributed by atoms with E-state index in [1.165, 1.54) is 0 Å². The van der Waals surface area contributed by atoms with Gasteiger partial charge in [-0.2, -0.15) is 0 Å². The molecule has 3 heterocycles. The Balaban J connectivity index is 1.47. The number of para-hydroxylation sites is 1. The highest BCUT2D eigenvalue weighted by molar-refractivity contribution is 6.08. The number of ketones is 1. The summed E-state index contributed by atoms with van der Waals surface area (Å²) >= 11 is 0. The lowest BCUT2D eigenvalue weighted by atomic mass is 9.99. The van der Waals surface area contributed by atoms with Gasteiger partial charge in [0.1, 0.15) is 5.69 Å². The van der Waals surface area contributed by atoms with Crippen molar-refractivity contribution >= 4 is 16.7 Å². The van der Waals surface area contributed by atoms with Crippen LogP contribution in [0.1, 0.15) is 29.6 Å². The molecule has 0 unspecified atom stereocenters. The maximum Gasteiger partial charge on any atom is 0.163 e. The van der Waals surface area contributed by atoms with Crippen molar-refractivity contribution in [2.24, 2.45) is 0 Å². The van der Waals surface area contributed by atoms with Gasteiger partial charge in [0.25, 0.3) is 0 Å². The fraction of sp³-hybridized carbons (Fsp3) is 0.364. The molecule has 1 aromatic carbocycles. The number of Topliss-reactive ketones (excluding diaryl/α,β-unsaturated/α-hetero) is 1. The number of hydrogen-bond donors (Lipinski definition) is 0. The van der Waals surface area contributed by atoms with E-state index in [-0.39, 0.29) is 5.78 Å². The van der Waals surface area contributed by atoms with Crippen LogP contribution in [-0.2, 0) is 4.74 Å². The number of unbranched alkanes of at least 4 members (excludes halogenated alkanes) is 1. The molecule has 4 rings (SSSR count). The highest BCUT2D eigenvalue weighted by atomic mass is 16.5. The average molecular weight is 364 g/mol. The molecule has 27 heavy (non-hydrogen) atoms. The Morgan fingerprint density at radius 3 is 2.74 bits per heavy atom. The molecule has 3 aromatic rings. The maximum absolute atomic E-state index is 12.9. The monoisotopic (exact) mass is 364 g/mol. The summed E-state index contributed by atoms with van der Waals surface area (Å²) in [5, 5.41) is 0.908. The summed E-state index contributed by atoms with van der Waals surface area (Å²) in [4.78, 5) is 20.0. The maximum atomic E-state index is 12.9. The van der Waals surface area contributed by atoms with Crippen LogP contribution in [0.15, 0.2) is 53.1 Å². The number of fused-ring (bicyclic) bond motifs is 1. The van der Waals surface area contributed by atoms with Gasteiger partial charge in [-0.3, -0.25) is 9.69 Å². The van der Waals surface area contributed by atoms with Crippen LogP contribution in [-0.4, -0.2) is 48.5 Å². The van der Waals surface area contributed by atoms with Crippen molar-refractivity contribution in [2.75, 3.05) is 32.8 Å². The molecule has 140 valence electrons. The van der Waals surface area contributed by atoms with E-state index in [1.807, 2.05) is 42.5 Å². The van der Waals surface area contributed by atoms with Gasteiger partial charge in [0.2, 0.25) is 0 Å². The highest BCUT2D eigenvalue weighted by Gasteiger charge is 2.15. The highest BCUT2D eigenvalue weighted by Crippen LogP contribution is 2.26. The summed E-state index contributed by atoms with van der Waals surface area (Å²) in [5.74, 6) is 0.852. The molecule has 1 saturated heterocycles. The Bertz CT molecular complexity index is 899. The molecule has 0 bridgehead atoms. The van der Waals surface area contributed by atoms with E-state index in [0.29, 0.717) is 17.9 Å². The molecule has 5 heteroatoms. The lowest BCUT2D eigenvalue weighted by molar-refractivity contribution is 0.0371. The smallest absolute Gasteiger partial charge is 0.163 e. The molecule has 0 amide bonds. The van der Waals surface area contributed by atoms with Gasteiger partial charge < -0.3 is 9.15 Å². The number of nitrogens with zero attached hydrogens (tertiary/aromatic N) is 2. The van der Waals surface area contributed by atoms with Crippen molar-refractivity contribution in [2.45, 2.75) is 19.3 Å². The van der Waals surface area contributed by atoms with E-state index in [4.69, 9.17) is 9.15 Å². The van der Waals surface area contributed by atoms with Gasteiger partial charge in [0, 0.05) is 30.5 Å². The molecular weight excluding hydrogens is 340 g/mol. The predicted molar refractivity (Wildman–Crippen MR) is 105 cm³/mol. The lowest BCUT2D eigenvalue weighted by Crippen LogP contribution is -2.36. The van der Waals surface area contributed by atoms with Crippen molar-refractivity contribution in [1.82, 2.24) is 9.88 Å². The molecular formula is C22H24N2O3. The number of rotatable bonds is 7. The second kappa shape index (κ2) is 8.46. The third-order valence-electron chi connectivity index (χ3n) is 5.02. The van der Waals surface area contributed by atoms with Gasteiger partial charge in [-0.05, 0) is 43.7 Å². The average Bonchev–Trinajstić information content (AvgIpc) is 3.26. The normalized spacial score (nSPS) is 15.3. The molecule has 1 aliphatic heterocycles. The van der Waals surface area contributed by atoms with Gasteiger partial charge in [-0.25, -0.2) is 4.98 Å². The van der Waals surface area contributed by atoms with Gasteiger partial charge >= 0.3 is 0 Å². The van der Waals surface area contributed by atoms with Crippen molar-refractivity contribution in [3.63, 3.8) is 0 Å². The van der Waals surface area contributed by atoms with Crippen LogP contribution in [0.3, 0.4) is 0 Å². The van der Waals surface area contributed by atoms with E-state index in [0.717, 1.165) is 62.2 Å². The lowest BCUT2D eigenvalue weighted by Gasteiger charge is -2.26. The number of aromatic nitrogens is 1. The van der Waals surface area contributed by atoms with Crippen LogP contribution in [0.4, 0.5) is 0 Å². The molecule has 2 aromatic heterocycles. The summed E-state index contributed by atoms with van der Waals surface area (Å²) in [6, 6.07) is 13.4. The Morgan fingerprint density at radius 1 is 1.07 bits per heavy atom. The first-order valence-corrected chi connectivity index (χ1v) is 9.58. The Hall–Kier alpha value is -2.50. The second-order valence-electron chi connectivity index (χ2n) is 6.88. The van der Waals surface area contributed by atoms with Crippen LogP contribution < -0.4 is 0 Å². The van der Waals surface area contributed by atoms with Crippen LogP contribution in [0.25, 0.3) is 22.4 Å². The molecule has 1 aliphatic rings. The number of benzene rings is 1. The van der Waals surface area contributed by atoms with Gasteiger partial charge in [0.15, 0.2) is 11.5 Å². The zero-order valence-electron chi connectivity index (χ0n) is 15.4. The van der Waals surface area contributed by atoms with Crippen LogP contribution in [0.2, 0.25) is 0 Å². The number of morpholine rings is 1. The van der Waals surface area contributed by atoms with Gasteiger partial charge in [0.05, 0.1) is 25.0 Å². The third kappa shape index (κ3) is 4.26. The first-order valence-electron chi connectivity index (χ1n) is 9.58. The number of furan rings is 1. The summed E-state index contributed by atoms with van der Waals surface area (Å²) in [7, 11) is 0. The summed E-state index contributed by atoms with van der Waals surface area (Å²) < 4.78 is 10.9. The first-order chi connectivity index (χ1) is 13.3. The van der Waals surface area contributed by atoms with E-state index in [1.54, 1.807) is 6.26 Å². The number of pyridine rings is 1. The summed E-state index contributed by atoms with van der Waals surface area (Å²) in [6.45, 7) is 4.66. The molecule has 0 saturated carbocycles. The predicted octanol–water partition coefficient (Wildman–Crippen LogP) is 4.18. The number of carbonyl (C=O) groups excluding carboxylic acids is 1. The minimum atomic E-state index is 0.170. The van der Waals surface area contributed by atoms with E-state index >= 15 is 0 Å². The van der Waals surface area contributed by atoms with Gasteiger partial charge in [-0.1, -0.05) is 18.2 Å². The number of ether oxygens (including phenoxy) is 1. The molecule has 0 aliphatic carbocycles. The summed E-state index contributed by atoms with van der Waals surface area (Å²) in [6.07, 6.45) is 4.10. The molecule has 0 radical (unpaired) electrons. The Labute approximate surface area is 158 Å². The fourth-order valence-electron chi connectivity index (χ4n) is 3.54. The molecule has 0 spiro atoms. The second-order valence-corrected chi connectivity index (χ2v) is 6.88. The topological polar surface area (TPSA) is 55.6 Å². The SMILES string of the molecule is O=C(CCCCN1CCOCC1)c1cc(-c2ccco2)nc2ccccc12. The van der Waals surface area contributed by atoms with E-state index < -0.39 is 0 Å². The fourth-order valence-corrected chi connectivity index (χ4v) is 3.54.